The molecular formula is C18H18Cl2N4O. The summed E-state index contributed by atoms with van der Waals surface area (Å²) in [6.07, 6.45) is 1.97. The van der Waals surface area contributed by atoms with Gasteiger partial charge in [0.15, 0.2) is 5.78 Å². The first kappa shape index (κ1) is 17.8. The number of halogens is 2. The Labute approximate surface area is 156 Å². The molecule has 2 aliphatic rings. The number of rotatable bonds is 2. The number of nitrogens with two attached hydrogens (primary N) is 1. The van der Waals surface area contributed by atoms with Crippen LogP contribution in [0.25, 0.3) is 0 Å². The number of Topliss-reactive ketones (excluding diaryl/α,β-unsaturated/α-hetero) is 1. The van der Waals surface area contributed by atoms with E-state index in [-0.39, 0.29) is 5.78 Å². The maximum absolute atomic E-state index is 12.8. The third kappa shape index (κ3) is 2.91. The number of hydrogen-bond acceptors (Lipinski definition) is 5. The second-order valence-electron chi connectivity index (χ2n) is 6.31. The average molecular weight is 377 g/mol. The first-order chi connectivity index (χ1) is 11.9. The van der Waals surface area contributed by atoms with Crippen LogP contribution in [-0.4, -0.2) is 29.9 Å². The molecule has 0 radical (unpaired) electrons. The molecule has 25 heavy (non-hydrogen) atoms. The molecule has 1 aliphatic carbocycles. The highest BCUT2D eigenvalue weighted by molar-refractivity contribution is 6.42. The minimum absolute atomic E-state index is 0.0458. The Kier molecular flexibility index (Phi) is 4.79. The number of carbonyl (C=O) groups is 1. The Hall–Kier alpha value is -2.00. The predicted octanol–water partition coefficient (Wildman–Crippen LogP) is 3.57. The van der Waals surface area contributed by atoms with Crippen LogP contribution >= 0.6 is 23.2 Å². The van der Waals surface area contributed by atoms with E-state index in [2.05, 4.69) is 6.07 Å². The zero-order valence-electron chi connectivity index (χ0n) is 14.0. The fourth-order valence-electron chi connectivity index (χ4n) is 3.55. The van der Waals surface area contributed by atoms with Crippen LogP contribution in [0.1, 0.15) is 30.7 Å². The summed E-state index contributed by atoms with van der Waals surface area (Å²) < 4.78 is 0. The van der Waals surface area contributed by atoms with Crippen LogP contribution in [0, 0.1) is 11.3 Å². The summed E-state index contributed by atoms with van der Waals surface area (Å²) in [6.45, 7) is 0. The van der Waals surface area contributed by atoms with Crippen LogP contribution in [0.5, 0.6) is 0 Å². The fourth-order valence-corrected chi connectivity index (χ4v) is 3.86. The van der Waals surface area contributed by atoms with E-state index in [1.54, 1.807) is 28.2 Å². The van der Waals surface area contributed by atoms with Crippen molar-refractivity contribution in [2.45, 2.75) is 25.2 Å². The van der Waals surface area contributed by atoms with E-state index in [4.69, 9.17) is 28.9 Å². The van der Waals surface area contributed by atoms with Gasteiger partial charge in [-0.15, -0.1) is 0 Å². The molecule has 1 unspecified atom stereocenters. The van der Waals surface area contributed by atoms with Crippen LogP contribution in [0.3, 0.4) is 0 Å². The van der Waals surface area contributed by atoms with Gasteiger partial charge in [0.05, 0.1) is 27.6 Å². The summed E-state index contributed by atoms with van der Waals surface area (Å²) in [5.41, 5.74) is 8.90. The molecule has 1 heterocycles. The third-order valence-electron chi connectivity index (χ3n) is 4.56. The SMILES string of the molecule is CN(C)N1C(N)=C(C#N)C(c2ccc(Cl)c(Cl)c2)C2=C1CCCC2=O. The maximum Gasteiger partial charge on any atom is 0.161 e. The largest absolute Gasteiger partial charge is 0.383 e. The Morgan fingerprint density at radius 3 is 2.60 bits per heavy atom. The minimum atomic E-state index is -0.515. The molecule has 0 aromatic heterocycles. The second-order valence-corrected chi connectivity index (χ2v) is 7.13. The molecule has 130 valence electrons. The number of hydrazine groups is 1. The molecule has 0 spiro atoms. The van der Waals surface area contributed by atoms with Crippen molar-refractivity contribution in [1.82, 2.24) is 10.0 Å². The van der Waals surface area contributed by atoms with Crippen LogP contribution in [0.2, 0.25) is 10.0 Å². The molecule has 1 aromatic rings. The number of carbonyl (C=O) groups excluding carboxylic acids is 1. The van der Waals surface area contributed by atoms with E-state index in [1.807, 2.05) is 14.1 Å². The summed E-state index contributed by atoms with van der Waals surface area (Å²) >= 11 is 12.2. The smallest absolute Gasteiger partial charge is 0.161 e. The second kappa shape index (κ2) is 6.72. The van der Waals surface area contributed by atoms with Crippen LogP contribution in [0.4, 0.5) is 0 Å². The average Bonchev–Trinajstić information content (AvgIpc) is 2.56. The summed E-state index contributed by atoms with van der Waals surface area (Å²) in [5.74, 6) is -0.125. The molecule has 1 aromatic carbocycles. The molecule has 0 saturated heterocycles. The van der Waals surface area contributed by atoms with Crippen molar-refractivity contribution >= 4 is 29.0 Å². The topological polar surface area (TPSA) is 73.4 Å². The highest BCUT2D eigenvalue weighted by atomic mass is 35.5. The lowest BCUT2D eigenvalue weighted by molar-refractivity contribution is -0.116. The highest BCUT2D eigenvalue weighted by Gasteiger charge is 2.40. The molecule has 3 rings (SSSR count). The summed E-state index contributed by atoms with van der Waals surface area (Å²) in [4.78, 5) is 12.8. The number of ketones is 1. The van der Waals surface area contributed by atoms with E-state index in [9.17, 15) is 10.1 Å². The molecule has 0 bridgehead atoms. The highest BCUT2D eigenvalue weighted by Crippen LogP contribution is 2.45. The van der Waals surface area contributed by atoms with E-state index in [0.29, 0.717) is 33.4 Å². The first-order valence-corrected chi connectivity index (χ1v) is 8.70. The Bertz CT molecular complexity index is 851. The lowest BCUT2D eigenvalue weighted by Crippen LogP contribution is -2.45. The zero-order chi connectivity index (χ0) is 18.3. The molecule has 5 nitrogen and oxygen atoms in total. The predicted molar refractivity (Wildman–Crippen MR) is 97.4 cm³/mol. The molecule has 1 aliphatic heterocycles. The van der Waals surface area contributed by atoms with Crippen molar-refractivity contribution in [2.24, 2.45) is 5.73 Å². The number of nitrogens with zero attached hydrogens (tertiary/aromatic N) is 3. The van der Waals surface area contributed by atoms with Gasteiger partial charge >= 0.3 is 0 Å². The lowest BCUT2D eigenvalue weighted by Gasteiger charge is -2.42. The quantitative estimate of drug-likeness (QED) is 0.853. The van der Waals surface area contributed by atoms with Gasteiger partial charge in [0, 0.05) is 31.8 Å². The van der Waals surface area contributed by atoms with Gasteiger partial charge in [-0.3, -0.25) is 9.80 Å². The summed E-state index contributed by atoms with van der Waals surface area (Å²) in [5, 5.41) is 14.1. The van der Waals surface area contributed by atoms with Crippen molar-refractivity contribution in [3.05, 3.63) is 56.5 Å². The monoisotopic (exact) mass is 376 g/mol. The third-order valence-corrected chi connectivity index (χ3v) is 5.30. The molecule has 7 heteroatoms. The molecule has 0 amide bonds. The van der Waals surface area contributed by atoms with Gasteiger partial charge < -0.3 is 5.73 Å². The van der Waals surface area contributed by atoms with Crippen LogP contribution in [0.15, 0.2) is 40.9 Å². The lowest BCUT2D eigenvalue weighted by atomic mass is 9.76. The number of benzene rings is 1. The standard InChI is InChI=1S/C18H18Cl2N4O/c1-23(2)24-14-4-3-5-15(25)17(14)16(11(9-21)18(24)22)10-6-7-12(19)13(20)8-10/h6-8,16H,3-5,22H2,1-2H3. The molecule has 0 fully saturated rings. The summed E-state index contributed by atoms with van der Waals surface area (Å²) in [6, 6.07) is 7.37. The van der Waals surface area contributed by atoms with E-state index in [1.165, 1.54) is 0 Å². The fraction of sp³-hybridized carbons (Fsp3) is 0.333. The van der Waals surface area contributed by atoms with Crippen molar-refractivity contribution < 1.29 is 4.79 Å². The van der Waals surface area contributed by atoms with Gasteiger partial charge in [-0.05, 0) is 30.5 Å². The number of hydrogen-bond donors (Lipinski definition) is 1. The van der Waals surface area contributed by atoms with E-state index >= 15 is 0 Å². The Morgan fingerprint density at radius 2 is 2.00 bits per heavy atom. The summed E-state index contributed by atoms with van der Waals surface area (Å²) in [7, 11) is 3.68. The number of allylic oxidation sites excluding steroid dienone is 3. The van der Waals surface area contributed by atoms with Gasteiger partial charge in [-0.25, -0.2) is 5.01 Å². The first-order valence-electron chi connectivity index (χ1n) is 7.95. The van der Waals surface area contributed by atoms with Crippen molar-refractivity contribution in [3.63, 3.8) is 0 Å². The van der Waals surface area contributed by atoms with Crippen molar-refractivity contribution in [1.29, 1.82) is 5.26 Å². The van der Waals surface area contributed by atoms with Gasteiger partial charge in [0.2, 0.25) is 0 Å². The normalized spacial score (nSPS) is 20.9. The van der Waals surface area contributed by atoms with Crippen molar-refractivity contribution in [2.75, 3.05) is 14.1 Å². The van der Waals surface area contributed by atoms with Gasteiger partial charge in [-0.2, -0.15) is 5.26 Å². The molecular weight excluding hydrogens is 359 g/mol. The molecule has 1 atom stereocenters. The van der Waals surface area contributed by atoms with Crippen LogP contribution in [-0.2, 0) is 4.79 Å². The minimum Gasteiger partial charge on any atom is -0.383 e. The van der Waals surface area contributed by atoms with Crippen LogP contribution < -0.4 is 5.73 Å². The molecule has 0 saturated carbocycles. The number of nitriles is 1. The van der Waals surface area contributed by atoms with E-state index < -0.39 is 5.92 Å². The van der Waals surface area contributed by atoms with Gasteiger partial charge in [-0.1, -0.05) is 29.3 Å². The van der Waals surface area contributed by atoms with Crippen molar-refractivity contribution in [3.8, 4) is 6.07 Å². The Balaban J connectivity index is 2.27. The van der Waals surface area contributed by atoms with E-state index in [0.717, 1.165) is 24.1 Å². The maximum atomic E-state index is 12.8. The molecule has 2 N–H and O–H groups in total. The van der Waals surface area contributed by atoms with Gasteiger partial charge in [0.1, 0.15) is 5.82 Å². The Morgan fingerprint density at radius 1 is 1.28 bits per heavy atom. The van der Waals surface area contributed by atoms with Gasteiger partial charge in [0.25, 0.3) is 0 Å². The zero-order valence-corrected chi connectivity index (χ0v) is 15.5.